The summed E-state index contributed by atoms with van der Waals surface area (Å²) in [6, 6.07) is 3.27. The molecular formula is C12H14F3NO3S. The lowest BCUT2D eigenvalue weighted by Crippen LogP contribution is -2.55. The molecule has 0 amide bonds. The SMILES string of the molecule is O=S(=O)(NC1(CO)CCC1)c1ccc(C(F)(F)F)cc1. The standard InChI is InChI=1S/C12H14F3NO3S/c13-12(14,15)9-2-4-10(5-3-9)20(18,19)16-11(8-17)6-1-7-11/h2-5,16-17H,1,6-8H2. The Bertz CT molecular complexity index is 571. The second kappa shape index (κ2) is 5.01. The van der Waals surface area contributed by atoms with Crippen molar-refractivity contribution >= 4 is 10.0 Å². The molecule has 0 heterocycles. The fourth-order valence-corrected chi connectivity index (χ4v) is 3.51. The number of hydrogen-bond donors (Lipinski definition) is 2. The van der Waals surface area contributed by atoms with Gasteiger partial charge in [0.15, 0.2) is 0 Å². The van der Waals surface area contributed by atoms with E-state index in [1.165, 1.54) is 0 Å². The van der Waals surface area contributed by atoms with Gasteiger partial charge in [0.1, 0.15) is 0 Å². The van der Waals surface area contributed by atoms with Crippen molar-refractivity contribution in [1.82, 2.24) is 4.72 Å². The average Bonchev–Trinajstić information content (AvgIpc) is 2.33. The quantitative estimate of drug-likeness (QED) is 0.893. The summed E-state index contributed by atoms with van der Waals surface area (Å²) >= 11 is 0. The van der Waals surface area contributed by atoms with Crippen LogP contribution in [0.25, 0.3) is 0 Å². The minimum atomic E-state index is -4.50. The third kappa shape index (κ3) is 2.97. The first-order valence-electron chi connectivity index (χ1n) is 6.01. The summed E-state index contributed by atoms with van der Waals surface area (Å²) in [6.07, 6.45) is -2.67. The smallest absolute Gasteiger partial charge is 0.394 e. The molecule has 0 atom stereocenters. The summed E-state index contributed by atoms with van der Waals surface area (Å²) < 4.78 is 63.7. The second-order valence-electron chi connectivity index (χ2n) is 4.92. The van der Waals surface area contributed by atoms with Gasteiger partial charge >= 0.3 is 6.18 Å². The number of nitrogens with one attached hydrogen (secondary N) is 1. The van der Waals surface area contributed by atoms with Crippen LogP contribution in [0.3, 0.4) is 0 Å². The second-order valence-corrected chi connectivity index (χ2v) is 6.60. The maximum absolute atomic E-state index is 12.4. The Balaban J connectivity index is 2.22. The maximum Gasteiger partial charge on any atom is 0.416 e. The lowest BCUT2D eigenvalue weighted by atomic mass is 9.78. The van der Waals surface area contributed by atoms with Crippen LogP contribution >= 0.6 is 0 Å². The highest BCUT2D eigenvalue weighted by atomic mass is 32.2. The first kappa shape index (κ1) is 15.3. The van der Waals surface area contributed by atoms with Gasteiger partial charge < -0.3 is 5.11 Å². The first-order valence-corrected chi connectivity index (χ1v) is 7.49. The predicted octanol–water partition coefficient (Wildman–Crippen LogP) is 1.90. The minimum Gasteiger partial charge on any atom is -0.394 e. The fraction of sp³-hybridized carbons (Fsp3) is 0.500. The summed E-state index contributed by atoms with van der Waals surface area (Å²) in [4.78, 5) is -0.245. The van der Waals surface area contributed by atoms with Crippen LogP contribution in [-0.4, -0.2) is 25.7 Å². The molecule has 0 unspecified atom stereocenters. The molecule has 1 aliphatic carbocycles. The number of alkyl halides is 3. The van der Waals surface area contributed by atoms with Gasteiger partial charge in [0.25, 0.3) is 0 Å². The normalized spacial score (nSPS) is 18.6. The van der Waals surface area contributed by atoms with Gasteiger partial charge in [-0.3, -0.25) is 0 Å². The van der Waals surface area contributed by atoms with Crippen molar-refractivity contribution in [2.45, 2.75) is 35.9 Å². The van der Waals surface area contributed by atoms with Gasteiger partial charge in [-0.2, -0.15) is 13.2 Å². The van der Waals surface area contributed by atoms with Gasteiger partial charge in [-0.1, -0.05) is 0 Å². The van der Waals surface area contributed by atoms with Crippen molar-refractivity contribution in [2.75, 3.05) is 6.61 Å². The summed E-state index contributed by atoms with van der Waals surface area (Å²) in [6.45, 7) is -0.327. The molecule has 1 aliphatic rings. The molecule has 0 saturated heterocycles. The Hall–Kier alpha value is -1.12. The molecule has 2 N–H and O–H groups in total. The summed E-state index contributed by atoms with van der Waals surface area (Å²) in [5.41, 5.74) is -1.78. The molecule has 4 nitrogen and oxygen atoms in total. The van der Waals surface area contributed by atoms with Crippen LogP contribution in [0.5, 0.6) is 0 Å². The van der Waals surface area contributed by atoms with E-state index in [0.29, 0.717) is 12.8 Å². The van der Waals surface area contributed by atoms with E-state index in [4.69, 9.17) is 0 Å². The molecule has 0 radical (unpaired) electrons. The molecular weight excluding hydrogens is 295 g/mol. The molecule has 1 aromatic carbocycles. The zero-order chi connectivity index (χ0) is 15.0. The molecule has 1 saturated carbocycles. The zero-order valence-corrected chi connectivity index (χ0v) is 11.3. The lowest BCUT2D eigenvalue weighted by Gasteiger charge is -2.40. The Morgan fingerprint density at radius 2 is 1.75 bits per heavy atom. The van der Waals surface area contributed by atoms with Gasteiger partial charge in [0.2, 0.25) is 10.0 Å². The van der Waals surface area contributed by atoms with Crippen molar-refractivity contribution in [3.63, 3.8) is 0 Å². The first-order chi connectivity index (χ1) is 9.19. The van der Waals surface area contributed by atoms with Crippen molar-refractivity contribution in [3.8, 4) is 0 Å². The van der Waals surface area contributed by atoms with Crippen LogP contribution in [0.4, 0.5) is 13.2 Å². The molecule has 0 bridgehead atoms. The number of aliphatic hydroxyl groups is 1. The molecule has 1 fully saturated rings. The van der Waals surface area contributed by atoms with E-state index in [1.807, 2.05) is 0 Å². The summed E-state index contributed by atoms with van der Waals surface area (Å²) in [5.74, 6) is 0. The lowest BCUT2D eigenvalue weighted by molar-refractivity contribution is -0.137. The van der Waals surface area contributed by atoms with Crippen LogP contribution in [0.2, 0.25) is 0 Å². The van der Waals surface area contributed by atoms with Crippen molar-refractivity contribution in [3.05, 3.63) is 29.8 Å². The molecule has 0 aromatic heterocycles. The van der Waals surface area contributed by atoms with Crippen LogP contribution in [0.15, 0.2) is 29.2 Å². The van der Waals surface area contributed by atoms with E-state index in [0.717, 1.165) is 30.7 Å². The topological polar surface area (TPSA) is 66.4 Å². The Morgan fingerprint density at radius 1 is 1.20 bits per heavy atom. The van der Waals surface area contributed by atoms with Crippen molar-refractivity contribution in [2.24, 2.45) is 0 Å². The van der Waals surface area contributed by atoms with Crippen molar-refractivity contribution < 1.29 is 26.7 Å². The third-order valence-corrected chi connectivity index (χ3v) is 5.05. The van der Waals surface area contributed by atoms with E-state index in [-0.39, 0.29) is 11.5 Å². The van der Waals surface area contributed by atoms with E-state index < -0.39 is 27.3 Å². The molecule has 20 heavy (non-hydrogen) atoms. The Kier molecular flexibility index (Phi) is 3.83. The summed E-state index contributed by atoms with van der Waals surface area (Å²) in [7, 11) is -3.93. The molecule has 8 heteroatoms. The number of benzene rings is 1. The van der Waals surface area contributed by atoms with E-state index in [9.17, 15) is 26.7 Å². The molecule has 2 rings (SSSR count). The van der Waals surface area contributed by atoms with Gasteiger partial charge in [-0.25, -0.2) is 13.1 Å². The van der Waals surface area contributed by atoms with E-state index in [1.54, 1.807) is 0 Å². The molecule has 0 spiro atoms. The van der Waals surface area contributed by atoms with E-state index >= 15 is 0 Å². The number of rotatable bonds is 4. The fourth-order valence-electron chi connectivity index (χ4n) is 2.06. The van der Waals surface area contributed by atoms with E-state index in [2.05, 4.69) is 4.72 Å². The molecule has 1 aromatic rings. The predicted molar refractivity (Wildman–Crippen MR) is 65.4 cm³/mol. The van der Waals surface area contributed by atoms with Crippen LogP contribution < -0.4 is 4.72 Å². The van der Waals surface area contributed by atoms with Gasteiger partial charge in [-0.15, -0.1) is 0 Å². The summed E-state index contributed by atoms with van der Waals surface area (Å²) in [5, 5.41) is 9.22. The monoisotopic (exact) mass is 309 g/mol. The van der Waals surface area contributed by atoms with Gasteiger partial charge in [0.05, 0.1) is 22.6 Å². The number of halogens is 3. The number of sulfonamides is 1. The molecule has 0 aliphatic heterocycles. The van der Waals surface area contributed by atoms with Crippen LogP contribution in [-0.2, 0) is 16.2 Å². The minimum absolute atomic E-state index is 0.245. The van der Waals surface area contributed by atoms with Gasteiger partial charge in [-0.05, 0) is 43.5 Å². The Morgan fingerprint density at radius 3 is 2.10 bits per heavy atom. The van der Waals surface area contributed by atoms with Crippen LogP contribution in [0, 0.1) is 0 Å². The number of aliphatic hydroxyl groups excluding tert-OH is 1. The van der Waals surface area contributed by atoms with Crippen molar-refractivity contribution in [1.29, 1.82) is 0 Å². The Labute approximate surface area is 114 Å². The third-order valence-electron chi connectivity index (χ3n) is 3.46. The maximum atomic E-state index is 12.4. The number of hydrogen-bond acceptors (Lipinski definition) is 3. The zero-order valence-electron chi connectivity index (χ0n) is 10.4. The van der Waals surface area contributed by atoms with Crippen LogP contribution in [0.1, 0.15) is 24.8 Å². The van der Waals surface area contributed by atoms with Gasteiger partial charge in [0, 0.05) is 0 Å². The highest BCUT2D eigenvalue weighted by Crippen LogP contribution is 2.33. The highest BCUT2D eigenvalue weighted by Gasteiger charge is 2.40. The average molecular weight is 309 g/mol. The largest absolute Gasteiger partial charge is 0.416 e. The highest BCUT2D eigenvalue weighted by molar-refractivity contribution is 7.89. The molecule has 112 valence electrons.